The highest BCUT2D eigenvalue weighted by molar-refractivity contribution is 5.96. The minimum atomic E-state index is -0.785. The van der Waals surface area contributed by atoms with Gasteiger partial charge in [0.05, 0.1) is 0 Å². The van der Waals surface area contributed by atoms with E-state index in [1.54, 1.807) is 45.3 Å². The molecule has 3 aliphatic rings. The van der Waals surface area contributed by atoms with Crippen LogP contribution in [0.3, 0.4) is 0 Å². The Balaban J connectivity index is 0.887. The molecule has 0 spiro atoms. The number of rotatable bonds is 8. The quantitative estimate of drug-likeness (QED) is 0.121. The van der Waals surface area contributed by atoms with Gasteiger partial charge >= 0.3 is 11.9 Å². The van der Waals surface area contributed by atoms with E-state index in [-0.39, 0.29) is 42.6 Å². The van der Waals surface area contributed by atoms with E-state index in [0.717, 1.165) is 33.9 Å². The Morgan fingerprint density at radius 2 is 1.17 bits per heavy atom. The largest absolute Gasteiger partial charge is 0.390 e. The Kier molecular flexibility index (Phi) is 10.4. The third kappa shape index (κ3) is 7.41. The molecule has 4 aromatic carbocycles. The minimum absolute atomic E-state index is 0.0332. The second kappa shape index (κ2) is 16.0. The zero-order valence-electron chi connectivity index (χ0n) is 33.2. The molecule has 2 aliphatic carbocycles. The number of amides is 2. The highest BCUT2D eigenvalue weighted by Crippen LogP contribution is 2.38. The van der Waals surface area contributed by atoms with Crippen LogP contribution < -0.4 is 9.80 Å². The number of piperazine rings is 1. The van der Waals surface area contributed by atoms with Gasteiger partial charge in [0.25, 0.3) is 0 Å². The van der Waals surface area contributed by atoms with Crippen molar-refractivity contribution in [2.75, 3.05) is 43.0 Å². The van der Waals surface area contributed by atoms with Gasteiger partial charge in [-0.15, -0.1) is 0 Å². The van der Waals surface area contributed by atoms with E-state index in [2.05, 4.69) is 4.90 Å². The van der Waals surface area contributed by atoms with Crippen molar-refractivity contribution in [2.24, 2.45) is 11.8 Å². The number of hydrogen-bond acceptors (Lipinski definition) is 6. The molecule has 2 atom stereocenters. The van der Waals surface area contributed by atoms with Gasteiger partial charge in [0.1, 0.15) is 30.5 Å². The predicted molar refractivity (Wildman–Crippen MR) is 221 cm³/mol. The topological polar surface area (TPSA) is 97.1 Å². The number of esters is 2. The number of carbonyl (C=O) groups is 4. The molecular weight excluding hydrogens is 772 g/mol. The molecule has 60 heavy (non-hydrogen) atoms. The number of para-hydroxylation sites is 1. The van der Waals surface area contributed by atoms with Crippen molar-refractivity contribution in [3.05, 3.63) is 131 Å². The fraction of sp³-hybridized carbons (Fsp3) is 0.319. The molecule has 1 aliphatic heterocycles. The summed E-state index contributed by atoms with van der Waals surface area (Å²) in [6.45, 7) is 1.72. The normalized spacial score (nSPS) is 17.7. The van der Waals surface area contributed by atoms with Crippen molar-refractivity contribution in [3.63, 3.8) is 0 Å². The van der Waals surface area contributed by atoms with Crippen LogP contribution in [0.4, 0.5) is 24.5 Å². The molecule has 0 bridgehead atoms. The number of carbonyl (C=O) groups excluding carboxylic acids is 4. The molecule has 2 aromatic heterocycles. The van der Waals surface area contributed by atoms with Crippen LogP contribution in [0.25, 0.3) is 21.8 Å². The number of ether oxygens (including phenoxy) is 1. The molecule has 13 heteroatoms. The smallest absolute Gasteiger partial charge is 0.333 e. The van der Waals surface area contributed by atoms with Crippen LogP contribution in [0.15, 0.2) is 91.0 Å². The molecule has 1 saturated heterocycles. The third-order valence-electron chi connectivity index (χ3n) is 12.6. The van der Waals surface area contributed by atoms with Crippen LogP contribution in [0, 0.1) is 29.3 Å². The lowest BCUT2D eigenvalue weighted by molar-refractivity contribution is -0.160. The summed E-state index contributed by atoms with van der Waals surface area (Å²) < 4.78 is 51.8. The molecule has 2 unspecified atom stereocenters. The SMILES string of the molecule is CN(C(=O)C1CCc2c(c3cc(F)ccc3n2CC(=O)OC(=O)Cn2c3c(c4cc(F)ccc42)CC(C(=O)N2CCN(c4ccc(F)cc4)CC2)CC3)C1)c1ccccc1. The van der Waals surface area contributed by atoms with Gasteiger partial charge in [-0.3, -0.25) is 9.59 Å². The number of benzene rings is 4. The summed E-state index contributed by atoms with van der Waals surface area (Å²) in [5.74, 6) is -3.41. The van der Waals surface area contributed by atoms with Crippen molar-refractivity contribution < 1.29 is 37.1 Å². The summed E-state index contributed by atoms with van der Waals surface area (Å²) in [5.41, 5.74) is 6.13. The summed E-state index contributed by atoms with van der Waals surface area (Å²) in [5, 5.41) is 1.23. The van der Waals surface area contributed by atoms with Crippen molar-refractivity contribution in [2.45, 2.75) is 51.6 Å². The average molecular weight is 816 g/mol. The third-order valence-corrected chi connectivity index (χ3v) is 12.6. The van der Waals surface area contributed by atoms with Crippen molar-refractivity contribution >= 4 is 56.9 Å². The molecule has 1 fully saturated rings. The molecule has 0 saturated carbocycles. The van der Waals surface area contributed by atoms with Gasteiger partial charge in [0.2, 0.25) is 11.8 Å². The van der Waals surface area contributed by atoms with Gasteiger partial charge in [0, 0.05) is 89.6 Å². The van der Waals surface area contributed by atoms with E-state index in [1.165, 1.54) is 36.4 Å². The number of aromatic nitrogens is 2. The van der Waals surface area contributed by atoms with Gasteiger partial charge in [-0.2, -0.15) is 0 Å². The Hall–Kier alpha value is -6.37. The molecular formula is C47H44F3N5O5. The standard InChI is InChI=1S/C47H44F3N5O5/c1-51(34-5-3-2-4-6-34)46(58)29-7-15-40-36(23-29)38-25-32(49)11-17-42(38)54(40)27-44(56)60-45(57)28-55-41-16-8-30(24-37(41)39-26-33(50)12-18-43(39)55)47(59)53-21-19-52(20-22-53)35-13-9-31(48)10-14-35/h2-6,9-14,17-18,25-26,29-30H,7-8,15-16,19-24,27-28H2,1H3. The number of hydrogen-bond donors (Lipinski definition) is 0. The van der Waals surface area contributed by atoms with E-state index >= 15 is 0 Å². The monoisotopic (exact) mass is 815 g/mol. The van der Waals surface area contributed by atoms with Gasteiger partial charge in [-0.1, -0.05) is 18.2 Å². The Labute approximate surface area is 344 Å². The fourth-order valence-electron chi connectivity index (χ4n) is 9.62. The summed E-state index contributed by atoms with van der Waals surface area (Å²) in [4.78, 5) is 60.1. The molecule has 0 radical (unpaired) electrons. The first-order chi connectivity index (χ1) is 29.0. The molecule has 3 heterocycles. The van der Waals surface area contributed by atoms with Gasteiger partial charge in [-0.25, -0.2) is 22.8 Å². The zero-order valence-corrected chi connectivity index (χ0v) is 33.2. The first-order valence-corrected chi connectivity index (χ1v) is 20.5. The van der Waals surface area contributed by atoms with Crippen LogP contribution in [0.5, 0.6) is 0 Å². The lowest BCUT2D eigenvalue weighted by Crippen LogP contribution is -2.51. The number of halogens is 3. The van der Waals surface area contributed by atoms with Crippen molar-refractivity contribution in [1.82, 2.24) is 14.0 Å². The molecule has 308 valence electrons. The number of fused-ring (bicyclic) bond motifs is 6. The second-order valence-electron chi connectivity index (χ2n) is 16.1. The minimum Gasteiger partial charge on any atom is -0.390 e. The van der Waals surface area contributed by atoms with Crippen LogP contribution in [-0.2, 0) is 62.7 Å². The number of anilines is 2. The lowest BCUT2D eigenvalue weighted by Gasteiger charge is -2.38. The average Bonchev–Trinajstić information content (AvgIpc) is 3.72. The van der Waals surface area contributed by atoms with Crippen LogP contribution in [0.1, 0.15) is 35.4 Å². The molecule has 2 amide bonds. The second-order valence-corrected chi connectivity index (χ2v) is 16.1. The van der Waals surface area contributed by atoms with Gasteiger partial charge in [0.15, 0.2) is 0 Å². The fourth-order valence-corrected chi connectivity index (χ4v) is 9.62. The predicted octanol–water partition coefficient (Wildman–Crippen LogP) is 7.00. The summed E-state index contributed by atoms with van der Waals surface area (Å²) in [7, 11) is 1.74. The maximum absolute atomic E-state index is 14.7. The summed E-state index contributed by atoms with van der Waals surface area (Å²) >= 11 is 0. The first kappa shape index (κ1) is 39.1. The highest BCUT2D eigenvalue weighted by Gasteiger charge is 2.35. The van der Waals surface area contributed by atoms with E-state index < -0.39 is 23.6 Å². The molecule has 10 nitrogen and oxygen atoms in total. The Morgan fingerprint density at radius 1 is 0.650 bits per heavy atom. The van der Waals surface area contributed by atoms with E-state index in [9.17, 15) is 32.3 Å². The van der Waals surface area contributed by atoms with Gasteiger partial charge in [-0.05, 0) is 122 Å². The Bertz CT molecular complexity index is 2650. The van der Waals surface area contributed by atoms with E-state index in [4.69, 9.17) is 4.74 Å². The van der Waals surface area contributed by atoms with Crippen LogP contribution in [-0.4, -0.2) is 71.0 Å². The molecule has 6 aromatic rings. The maximum atomic E-state index is 14.7. The van der Waals surface area contributed by atoms with Crippen molar-refractivity contribution in [3.8, 4) is 0 Å². The van der Waals surface area contributed by atoms with Gasteiger partial charge < -0.3 is 28.6 Å². The molecule has 0 N–H and O–H groups in total. The van der Waals surface area contributed by atoms with E-state index in [1.807, 2.05) is 35.2 Å². The Morgan fingerprint density at radius 3 is 1.73 bits per heavy atom. The summed E-state index contributed by atoms with van der Waals surface area (Å²) in [6, 6.07) is 24.4. The zero-order chi connectivity index (χ0) is 41.7. The van der Waals surface area contributed by atoms with Crippen LogP contribution >= 0.6 is 0 Å². The first-order valence-electron chi connectivity index (χ1n) is 20.5. The lowest BCUT2D eigenvalue weighted by atomic mass is 9.85. The molecule has 9 rings (SSSR count). The number of nitrogens with zero attached hydrogens (tertiary/aromatic N) is 5. The summed E-state index contributed by atoms with van der Waals surface area (Å²) in [6.07, 6.45) is 2.77. The van der Waals surface area contributed by atoms with Crippen LogP contribution in [0.2, 0.25) is 0 Å². The van der Waals surface area contributed by atoms with E-state index in [0.29, 0.717) is 86.5 Å². The highest BCUT2D eigenvalue weighted by atomic mass is 19.1. The van der Waals surface area contributed by atoms with Crippen molar-refractivity contribution in [1.29, 1.82) is 0 Å². The maximum Gasteiger partial charge on any atom is 0.333 e.